The van der Waals surface area contributed by atoms with Crippen molar-refractivity contribution in [3.8, 4) is 5.75 Å². The van der Waals surface area contributed by atoms with Gasteiger partial charge in [0.2, 0.25) is 0 Å². The van der Waals surface area contributed by atoms with E-state index in [1.807, 2.05) is 30.0 Å². The van der Waals surface area contributed by atoms with Gasteiger partial charge in [0.25, 0.3) is 0 Å². The number of carbonyl (C=O) groups is 2. The topological polar surface area (TPSA) is 67.4 Å². The lowest BCUT2D eigenvalue weighted by atomic mass is 10.0. The third kappa shape index (κ3) is 3.74. The molecule has 2 fully saturated rings. The maximum Gasteiger partial charge on any atom is 0.315 e. The second kappa shape index (κ2) is 7.05. The van der Waals surface area contributed by atoms with Crippen molar-refractivity contribution in [3.05, 3.63) is 30.3 Å². The Morgan fingerprint density at radius 3 is 2.86 bits per heavy atom. The zero-order chi connectivity index (χ0) is 15.4. The van der Waals surface area contributed by atoms with Gasteiger partial charge in [-0.3, -0.25) is 4.79 Å². The van der Waals surface area contributed by atoms with Gasteiger partial charge >= 0.3 is 12.0 Å². The van der Waals surface area contributed by atoms with Gasteiger partial charge < -0.3 is 15.4 Å². The van der Waals surface area contributed by atoms with E-state index in [9.17, 15) is 9.59 Å². The summed E-state index contributed by atoms with van der Waals surface area (Å²) in [5, 5.41) is 6.38. The number of ether oxygens (including phenoxy) is 1. The Labute approximate surface area is 134 Å². The van der Waals surface area contributed by atoms with Crippen molar-refractivity contribution in [2.75, 3.05) is 5.75 Å². The van der Waals surface area contributed by atoms with Gasteiger partial charge in [0.05, 0.1) is 12.1 Å². The van der Waals surface area contributed by atoms with Gasteiger partial charge in [-0.1, -0.05) is 24.6 Å². The highest BCUT2D eigenvalue weighted by Gasteiger charge is 2.42. The van der Waals surface area contributed by atoms with Crippen molar-refractivity contribution in [3.63, 3.8) is 0 Å². The third-order valence-electron chi connectivity index (χ3n) is 4.03. The van der Waals surface area contributed by atoms with Crippen LogP contribution in [0.1, 0.15) is 25.7 Å². The predicted octanol–water partition coefficient (Wildman–Crippen LogP) is 2.32. The van der Waals surface area contributed by atoms with Gasteiger partial charge in [-0.25, -0.2) is 4.79 Å². The Bertz CT molecular complexity index is 537. The van der Waals surface area contributed by atoms with E-state index in [2.05, 4.69) is 10.6 Å². The lowest BCUT2D eigenvalue weighted by molar-refractivity contribution is -0.134. The second-order valence-corrected chi connectivity index (χ2v) is 6.93. The Kier molecular flexibility index (Phi) is 4.87. The van der Waals surface area contributed by atoms with Crippen LogP contribution in [0.4, 0.5) is 4.79 Å². The van der Waals surface area contributed by atoms with Crippen molar-refractivity contribution in [2.24, 2.45) is 0 Å². The first-order chi connectivity index (χ1) is 10.7. The summed E-state index contributed by atoms with van der Waals surface area (Å²) in [6.45, 7) is 0. The molecule has 3 rings (SSSR count). The molecule has 0 spiro atoms. The first-order valence-electron chi connectivity index (χ1n) is 7.67. The highest BCUT2D eigenvalue weighted by Crippen LogP contribution is 2.33. The summed E-state index contributed by atoms with van der Waals surface area (Å²) >= 11 is 1.90. The van der Waals surface area contributed by atoms with Crippen LogP contribution in [0.25, 0.3) is 0 Å². The van der Waals surface area contributed by atoms with Crippen LogP contribution in [-0.4, -0.2) is 35.1 Å². The zero-order valence-electron chi connectivity index (χ0n) is 12.3. The lowest BCUT2D eigenvalue weighted by Crippen LogP contribution is -2.36. The molecule has 2 amide bonds. The van der Waals surface area contributed by atoms with Crippen LogP contribution in [0.2, 0.25) is 0 Å². The Hall–Kier alpha value is -1.69. The number of hydrogen-bond acceptors (Lipinski definition) is 4. The highest BCUT2D eigenvalue weighted by atomic mass is 32.2. The summed E-state index contributed by atoms with van der Waals surface area (Å²) in [4.78, 5) is 23.0. The molecule has 2 N–H and O–H groups in total. The Morgan fingerprint density at radius 2 is 2.05 bits per heavy atom. The zero-order valence-corrected chi connectivity index (χ0v) is 13.1. The molecule has 0 unspecified atom stereocenters. The van der Waals surface area contributed by atoms with E-state index in [0.717, 1.165) is 25.0 Å². The molecule has 0 aromatic heterocycles. The minimum absolute atomic E-state index is 0.0493. The van der Waals surface area contributed by atoms with Crippen LogP contribution in [-0.2, 0) is 4.79 Å². The fourth-order valence-electron chi connectivity index (χ4n) is 2.93. The van der Waals surface area contributed by atoms with Gasteiger partial charge in [0.15, 0.2) is 0 Å². The molecule has 1 aromatic carbocycles. The van der Waals surface area contributed by atoms with E-state index in [1.165, 1.54) is 0 Å². The molecule has 118 valence electrons. The van der Waals surface area contributed by atoms with E-state index < -0.39 is 0 Å². The van der Waals surface area contributed by atoms with E-state index in [1.54, 1.807) is 12.1 Å². The average molecular weight is 320 g/mol. The molecule has 2 heterocycles. The Balaban J connectivity index is 1.34. The standard InChI is InChI=1S/C16H20N2O3S/c19-14(21-11-6-2-1-3-7-11)9-5-4-8-13-15-12(10-22-13)17-16(20)18-15/h1-3,6-7,12-13,15H,4-5,8-10H2,(H2,17,18,20)/t12-,13-,15-/m0/s1. The molecular formula is C16H20N2O3S. The molecule has 0 aliphatic carbocycles. The van der Waals surface area contributed by atoms with Crippen LogP contribution >= 0.6 is 11.8 Å². The molecule has 2 aliphatic heterocycles. The van der Waals surface area contributed by atoms with Gasteiger partial charge in [-0.2, -0.15) is 11.8 Å². The summed E-state index contributed by atoms with van der Waals surface area (Å²) in [5.74, 6) is 1.39. The first kappa shape index (κ1) is 15.2. The molecule has 2 aliphatic rings. The van der Waals surface area contributed by atoms with Gasteiger partial charge in [-0.05, 0) is 25.0 Å². The molecule has 5 nitrogen and oxygen atoms in total. The van der Waals surface area contributed by atoms with Crippen molar-refractivity contribution < 1.29 is 14.3 Å². The number of esters is 1. The minimum Gasteiger partial charge on any atom is -0.427 e. The summed E-state index contributed by atoms with van der Waals surface area (Å²) < 4.78 is 5.26. The first-order valence-corrected chi connectivity index (χ1v) is 8.71. The number of urea groups is 1. The molecule has 22 heavy (non-hydrogen) atoms. The minimum atomic E-state index is -0.181. The van der Waals surface area contributed by atoms with Crippen molar-refractivity contribution >= 4 is 23.8 Å². The van der Waals surface area contributed by atoms with Crippen LogP contribution in [0.3, 0.4) is 0 Å². The molecule has 0 saturated carbocycles. The number of carbonyl (C=O) groups excluding carboxylic acids is 2. The number of nitrogens with one attached hydrogen (secondary N) is 2. The van der Waals surface area contributed by atoms with Crippen molar-refractivity contribution in [1.29, 1.82) is 0 Å². The van der Waals surface area contributed by atoms with E-state index in [-0.39, 0.29) is 24.1 Å². The molecule has 1 aromatic rings. The van der Waals surface area contributed by atoms with Gasteiger partial charge in [0, 0.05) is 17.4 Å². The van der Waals surface area contributed by atoms with Crippen LogP contribution in [0.5, 0.6) is 5.75 Å². The van der Waals surface area contributed by atoms with E-state index in [4.69, 9.17) is 4.74 Å². The number of thioether (sulfide) groups is 1. The monoisotopic (exact) mass is 320 g/mol. The second-order valence-electron chi connectivity index (χ2n) is 5.65. The number of amides is 2. The summed E-state index contributed by atoms with van der Waals surface area (Å²) in [7, 11) is 0. The average Bonchev–Trinajstić information content (AvgIpc) is 3.04. The SMILES string of the molecule is O=C1N[C@H]2[C@H](CS[C@H]2CCCCC(=O)Oc2ccccc2)N1. The predicted molar refractivity (Wildman–Crippen MR) is 86.0 cm³/mol. The number of fused-ring (bicyclic) bond motifs is 1. The molecular weight excluding hydrogens is 300 g/mol. The number of para-hydroxylation sites is 1. The van der Waals surface area contributed by atoms with Crippen LogP contribution in [0.15, 0.2) is 30.3 Å². The quantitative estimate of drug-likeness (QED) is 0.365. The summed E-state index contributed by atoms with van der Waals surface area (Å²) in [5.41, 5.74) is 0. The molecule has 6 heteroatoms. The van der Waals surface area contributed by atoms with Crippen molar-refractivity contribution in [1.82, 2.24) is 10.6 Å². The fourth-order valence-corrected chi connectivity index (χ4v) is 4.47. The molecule has 0 radical (unpaired) electrons. The smallest absolute Gasteiger partial charge is 0.315 e. The van der Waals surface area contributed by atoms with Crippen LogP contribution in [0, 0.1) is 0 Å². The van der Waals surface area contributed by atoms with Gasteiger partial charge in [-0.15, -0.1) is 0 Å². The molecule has 3 atom stereocenters. The number of rotatable bonds is 6. The van der Waals surface area contributed by atoms with E-state index in [0.29, 0.717) is 17.4 Å². The number of unbranched alkanes of at least 4 members (excludes halogenated alkanes) is 1. The maximum atomic E-state index is 11.7. The highest BCUT2D eigenvalue weighted by molar-refractivity contribution is 8.00. The van der Waals surface area contributed by atoms with Gasteiger partial charge in [0.1, 0.15) is 5.75 Å². The van der Waals surface area contributed by atoms with Crippen LogP contribution < -0.4 is 15.4 Å². The fraction of sp³-hybridized carbons (Fsp3) is 0.500. The van der Waals surface area contributed by atoms with E-state index >= 15 is 0 Å². The maximum absolute atomic E-state index is 11.7. The molecule has 0 bridgehead atoms. The molecule has 2 saturated heterocycles. The Morgan fingerprint density at radius 1 is 1.23 bits per heavy atom. The lowest BCUT2D eigenvalue weighted by Gasteiger charge is -2.16. The number of hydrogen-bond donors (Lipinski definition) is 2. The largest absolute Gasteiger partial charge is 0.427 e. The third-order valence-corrected chi connectivity index (χ3v) is 5.54. The number of benzene rings is 1. The normalized spacial score (nSPS) is 26.2. The van der Waals surface area contributed by atoms with Crippen molar-refractivity contribution in [2.45, 2.75) is 43.0 Å². The summed E-state index contributed by atoms with van der Waals surface area (Å²) in [6.07, 6.45) is 3.25. The summed E-state index contributed by atoms with van der Waals surface area (Å²) in [6, 6.07) is 9.61.